The third-order valence-corrected chi connectivity index (χ3v) is 2.62. The molecule has 0 amide bonds. The molecule has 2 heterocycles. The van der Waals surface area contributed by atoms with E-state index < -0.39 is 11.6 Å². The molecule has 1 N–H and O–H groups in total. The highest BCUT2D eigenvalue weighted by molar-refractivity contribution is 5.81. The zero-order valence-corrected chi connectivity index (χ0v) is 9.95. The second kappa shape index (κ2) is 4.31. The van der Waals surface area contributed by atoms with E-state index in [4.69, 9.17) is 4.74 Å². The zero-order valence-electron chi connectivity index (χ0n) is 9.95. The Kier molecular flexibility index (Phi) is 2.63. The fraction of sp³-hybridized carbons (Fsp3) is 0.0769. The van der Waals surface area contributed by atoms with Gasteiger partial charge in [-0.3, -0.25) is 0 Å². The average Bonchev–Trinajstić information content (AvgIpc) is 2.74. The molecule has 0 spiro atoms. The SMILES string of the molecule is Cc1cc2c(Oc3ccc(F)cc3F)ncnc2[nH]1. The highest BCUT2D eigenvalue weighted by atomic mass is 19.1. The van der Waals surface area contributed by atoms with Crippen molar-refractivity contribution in [2.45, 2.75) is 6.92 Å². The van der Waals surface area contributed by atoms with Crippen molar-refractivity contribution in [1.82, 2.24) is 15.0 Å². The summed E-state index contributed by atoms with van der Waals surface area (Å²) in [4.78, 5) is 11.0. The van der Waals surface area contributed by atoms with Gasteiger partial charge in [0.1, 0.15) is 17.8 Å². The summed E-state index contributed by atoms with van der Waals surface area (Å²) in [5.41, 5.74) is 1.49. The molecule has 96 valence electrons. The van der Waals surface area contributed by atoms with Crippen molar-refractivity contribution in [2.24, 2.45) is 0 Å². The van der Waals surface area contributed by atoms with E-state index in [1.165, 1.54) is 12.4 Å². The van der Waals surface area contributed by atoms with E-state index in [1.807, 2.05) is 6.92 Å². The molecule has 4 nitrogen and oxygen atoms in total. The zero-order chi connectivity index (χ0) is 13.4. The van der Waals surface area contributed by atoms with Crippen molar-refractivity contribution in [1.29, 1.82) is 0 Å². The predicted octanol–water partition coefficient (Wildman–Crippen LogP) is 3.34. The minimum atomic E-state index is -0.779. The molecule has 0 aliphatic carbocycles. The first-order valence-electron chi connectivity index (χ1n) is 5.57. The van der Waals surface area contributed by atoms with Gasteiger partial charge in [0.25, 0.3) is 0 Å². The molecule has 2 aromatic heterocycles. The van der Waals surface area contributed by atoms with Crippen LogP contribution in [0.5, 0.6) is 11.6 Å². The van der Waals surface area contributed by atoms with E-state index in [9.17, 15) is 8.78 Å². The van der Waals surface area contributed by atoms with Crippen LogP contribution < -0.4 is 4.74 Å². The molecule has 0 saturated carbocycles. The van der Waals surface area contributed by atoms with Gasteiger partial charge in [0.05, 0.1) is 5.39 Å². The fourth-order valence-electron chi connectivity index (χ4n) is 1.79. The molecule has 0 saturated heterocycles. The highest BCUT2D eigenvalue weighted by Crippen LogP contribution is 2.28. The first kappa shape index (κ1) is 11.6. The largest absolute Gasteiger partial charge is 0.435 e. The van der Waals surface area contributed by atoms with Gasteiger partial charge in [-0.25, -0.2) is 18.7 Å². The lowest BCUT2D eigenvalue weighted by Crippen LogP contribution is -1.93. The van der Waals surface area contributed by atoms with Crippen LogP contribution >= 0.6 is 0 Å². The van der Waals surface area contributed by atoms with Crippen LogP contribution in [0.15, 0.2) is 30.6 Å². The van der Waals surface area contributed by atoms with Gasteiger partial charge in [-0.1, -0.05) is 0 Å². The van der Waals surface area contributed by atoms with Crippen LogP contribution in [-0.4, -0.2) is 15.0 Å². The topological polar surface area (TPSA) is 50.8 Å². The minimum absolute atomic E-state index is 0.0831. The summed E-state index contributed by atoms with van der Waals surface area (Å²) in [5.74, 6) is -1.30. The number of hydrogen-bond acceptors (Lipinski definition) is 3. The lowest BCUT2D eigenvalue weighted by Gasteiger charge is -2.06. The lowest BCUT2D eigenvalue weighted by atomic mass is 10.3. The van der Waals surface area contributed by atoms with Crippen molar-refractivity contribution < 1.29 is 13.5 Å². The Morgan fingerprint density at radius 1 is 1.16 bits per heavy atom. The molecule has 19 heavy (non-hydrogen) atoms. The summed E-state index contributed by atoms with van der Waals surface area (Å²) in [5, 5.41) is 0.642. The number of ether oxygens (including phenoxy) is 1. The Hall–Kier alpha value is -2.50. The molecule has 0 bridgehead atoms. The second-order valence-corrected chi connectivity index (χ2v) is 4.07. The van der Waals surface area contributed by atoms with Crippen LogP contribution in [0.4, 0.5) is 8.78 Å². The average molecular weight is 261 g/mol. The first-order chi connectivity index (χ1) is 9.13. The number of rotatable bonds is 2. The summed E-state index contributed by atoms with van der Waals surface area (Å²) in [6.45, 7) is 1.87. The molecule has 0 fully saturated rings. The third kappa shape index (κ3) is 2.12. The number of halogens is 2. The normalized spacial score (nSPS) is 10.9. The summed E-state index contributed by atoms with van der Waals surface area (Å²) in [7, 11) is 0. The van der Waals surface area contributed by atoms with Gasteiger partial charge in [-0.15, -0.1) is 0 Å². The minimum Gasteiger partial charge on any atom is -0.435 e. The molecule has 0 radical (unpaired) electrons. The van der Waals surface area contributed by atoms with Gasteiger partial charge in [-0.05, 0) is 25.1 Å². The fourth-order valence-corrected chi connectivity index (χ4v) is 1.79. The van der Waals surface area contributed by atoms with E-state index in [0.29, 0.717) is 11.0 Å². The third-order valence-electron chi connectivity index (χ3n) is 2.62. The molecule has 0 unspecified atom stereocenters. The summed E-state index contributed by atoms with van der Waals surface area (Å²) in [6, 6.07) is 4.90. The maximum Gasteiger partial charge on any atom is 0.231 e. The quantitative estimate of drug-likeness (QED) is 0.769. The molecule has 0 atom stereocenters. The molecule has 6 heteroatoms. The van der Waals surface area contributed by atoms with Crippen molar-refractivity contribution in [3.8, 4) is 11.6 Å². The van der Waals surface area contributed by atoms with Gasteiger partial charge in [-0.2, -0.15) is 0 Å². The highest BCUT2D eigenvalue weighted by Gasteiger charge is 2.11. The van der Waals surface area contributed by atoms with Gasteiger partial charge in [0, 0.05) is 11.8 Å². The van der Waals surface area contributed by atoms with E-state index in [1.54, 1.807) is 6.07 Å². The summed E-state index contributed by atoms with van der Waals surface area (Å²) < 4.78 is 31.7. The number of fused-ring (bicyclic) bond motifs is 1. The van der Waals surface area contributed by atoms with Gasteiger partial charge >= 0.3 is 0 Å². The molecule has 3 aromatic rings. The number of benzene rings is 1. The summed E-state index contributed by atoms with van der Waals surface area (Å²) in [6.07, 6.45) is 1.31. The standard InChI is InChI=1S/C13H9F2N3O/c1-7-4-9-12(18-7)16-6-17-13(9)19-11-3-2-8(14)5-10(11)15/h2-6H,1H3,(H,16,17,18). The van der Waals surface area contributed by atoms with Crippen LogP contribution in [0.25, 0.3) is 11.0 Å². The molecular weight excluding hydrogens is 252 g/mol. The molecule has 1 aromatic carbocycles. The molecule has 3 rings (SSSR count). The van der Waals surface area contributed by atoms with Crippen LogP contribution in [0.2, 0.25) is 0 Å². The van der Waals surface area contributed by atoms with Gasteiger partial charge < -0.3 is 9.72 Å². The summed E-state index contributed by atoms with van der Waals surface area (Å²) >= 11 is 0. The molecule has 0 aliphatic rings. The first-order valence-corrected chi connectivity index (χ1v) is 5.57. The molecular formula is C13H9F2N3O. The number of aromatic nitrogens is 3. The number of hydrogen-bond donors (Lipinski definition) is 1. The lowest BCUT2D eigenvalue weighted by molar-refractivity contribution is 0.427. The van der Waals surface area contributed by atoms with E-state index in [-0.39, 0.29) is 11.6 Å². The number of nitrogens with one attached hydrogen (secondary N) is 1. The number of aromatic amines is 1. The smallest absolute Gasteiger partial charge is 0.231 e. The van der Waals surface area contributed by atoms with Crippen molar-refractivity contribution >= 4 is 11.0 Å². The monoisotopic (exact) mass is 261 g/mol. The van der Waals surface area contributed by atoms with E-state index in [2.05, 4.69) is 15.0 Å². The number of nitrogens with zero attached hydrogens (tertiary/aromatic N) is 2. The molecule has 0 aliphatic heterocycles. The predicted molar refractivity (Wildman–Crippen MR) is 65.1 cm³/mol. The van der Waals surface area contributed by atoms with Gasteiger partial charge in [0.2, 0.25) is 5.88 Å². The van der Waals surface area contributed by atoms with Crippen LogP contribution in [-0.2, 0) is 0 Å². The Bertz CT molecular complexity index is 755. The second-order valence-electron chi connectivity index (χ2n) is 4.07. The maximum atomic E-state index is 13.5. The van der Waals surface area contributed by atoms with Crippen LogP contribution in [0, 0.1) is 18.6 Å². The van der Waals surface area contributed by atoms with Crippen LogP contribution in [0.3, 0.4) is 0 Å². The van der Waals surface area contributed by atoms with E-state index in [0.717, 1.165) is 17.8 Å². The number of aryl methyl sites for hydroxylation is 1. The van der Waals surface area contributed by atoms with Crippen molar-refractivity contribution in [3.63, 3.8) is 0 Å². The number of H-pyrrole nitrogens is 1. The Morgan fingerprint density at radius 2 is 2.00 bits per heavy atom. The van der Waals surface area contributed by atoms with Gasteiger partial charge in [0.15, 0.2) is 11.6 Å². The Labute approximate surface area is 107 Å². The Balaban J connectivity index is 2.05. The van der Waals surface area contributed by atoms with Crippen LogP contribution in [0.1, 0.15) is 5.69 Å². The van der Waals surface area contributed by atoms with Crippen molar-refractivity contribution in [2.75, 3.05) is 0 Å². The maximum absolute atomic E-state index is 13.5. The van der Waals surface area contributed by atoms with E-state index >= 15 is 0 Å². The van der Waals surface area contributed by atoms with Crippen molar-refractivity contribution in [3.05, 3.63) is 47.9 Å². The Morgan fingerprint density at radius 3 is 2.79 bits per heavy atom.